The fourth-order valence-electron chi connectivity index (χ4n) is 2.80. The maximum atomic E-state index is 12.2. The molecule has 0 saturated carbocycles. The number of aliphatic hydroxyl groups excluding tert-OH is 1. The summed E-state index contributed by atoms with van der Waals surface area (Å²) in [5.74, 6) is 0. The Morgan fingerprint density at radius 3 is 2.59 bits per heavy atom. The van der Waals surface area contributed by atoms with Crippen LogP contribution in [0.5, 0.6) is 0 Å². The van der Waals surface area contributed by atoms with Gasteiger partial charge in [-0.15, -0.1) is 0 Å². The van der Waals surface area contributed by atoms with Crippen molar-refractivity contribution in [2.75, 3.05) is 6.61 Å². The lowest BCUT2D eigenvalue weighted by molar-refractivity contribution is -0.0498. The standard InChI is InChI=1S/C17H20N2O7S/c1-10-3-5-13(6-4-10)27(23,24)25-9-12-7-14(20)16(26-12)19-8-11(2)15(21)18-17(19)22/h3-6,8,12,14,16,20H,7,9H2,1-2H3,(H,18,21,22)/t12-,14+,16+/m0/s1. The Morgan fingerprint density at radius 1 is 1.26 bits per heavy atom. The fraction of sp³-hybridized carbons (Fsp3) is 0.412. The zero-order chi connectivity index (χ0) is 19.8. The number of aromatic amines is 1. The van der Waals surface area contributed by atoms with Crippen molar-refractivity contribution < 1.29 is 22.4 Å². The number of aromatic nitrogens is 2. The fourth-order valence-corrected chi connectivity index (χ4v) is 3.74. The number of nitrogens with zero attached hydrogens (tertiary/aromatic N) is 1. The van der Waals surface area contributed by atoms with Crippen molar-refractivity contribution in [2.45, 2.75) is 43.6 Å². The van der Waals surface area contributed by atoms with Gasteiger partial charge in [-0.05, 0) is 26.0 Å². The minimum atomic E-state index is -3.96. The minimum absolute atomic E-state index is 0.0238. The van der Waals surface area contributed by atoms with Crippen LogP contribution in [0.25, 0.3) is 0 Å². The van der Waals surface area contributed by atoms with E-state index in [1.165, 1.54) is 25.3 Å². The van der Waals surface area contributed by atoms with Crippen LogP contribution >= 0.6 is 0 Å². The molecule has 2 N–H and O–H groups in total. The second-order valence-corrected chi connectivity index (χ2v) is 8.10. The van der Waals surface area contributed by atoms with E-state index in [2.05, 4.69) is 4.98 Å². The monoisotopic (exact) mass is 396 g/mol. The molecule has 146 valence electrons. The summed E-state index contributed by atoms with van der Waals surface area (Å²) >= 11 is 0. The lowest BCUT2D eigenvalue weighted by atomic mass is 10.2. The topological polar surface area (TPSA) is 128 Å². The predicted molar refractivity (Wildman–Crippen MR) is 94.9 cm³/mol. The number of aliphatic hydroxyl groups is 1. The van der Waals surface area contributed by atoms with E-state index in [1.807, 2.05) is 6.92 Å². The van der Waals surface area contributed by atoms with Crippen molar-refractivity contribution in [3.63, 3.8) is 0 Å². The van der Waals surface area contributed by atoms with Gasteiger partial charge in [0.25, 0.3) is 15.7 Å². The third-order valence-corrected chi connectivity index (χ3v) is 5.60. The first-order valence-corrected chi connectivity index (χ1v) is 9.70. The molecule has 27 heavy (non-hydrogen) atoms. The molecule has 1 aromatic carbocycles. The van der Waals surface area contributed by atoms with Crippen molar-refractivity contribution in [1.82, 2.24) is 9.55 Å². The van der Waals surface area contributed by atoms with Crippen LogP contribution < -0.4 is 11.2 Å². The molecule has 1 aliphatic rings. The van der Waals surface area contributed by atoms with Gasteiger partial charge in [0.1, 0.15) is 6.10 Å². The first-order chi connectivity index (χ1) is 12.7. The summed E-state index contributed by atoms with van der Waals surface area (Å²) in [7, 11) is -3.96. The molecule has 1 fully saturated rings. The van der Waals surface area contributed by atoms with Gasteiger partial charge in [0.05, 0.1) is 17.6 Å². The zero-order valence-corrected chi connectivity index (χ0v) is 15.6. The van der Waals surface area contributed by atoms with E-state index in [-0.39, 0.29) is 23.5 Å². The van der Waals surface area contributed by atoms with E-state index >= 15 is 0 Å². The molecule has 1 saturated heterocycles. The highest BCUT2D eigenvalue weighted by atomic mass is 32.2. The Balaban J connectivity index is 1.70. The summed E-state index contributed by atoms with van der Waals surface area (Å²) in [5, 5.41) is 10.2. The van der Waals surface area contributed by atoms with Crippen LogP contribution in [0.4, 0.5) is 0 Å². The Hall–Kier alpha value is -2.27. The summed E-state index contributed by atoms with van der Waals surface area (Å²) in [6, 6.07) is 6.21. The molecule has 0 aliphatic carbocycles. The minimum Gasteiger partial charge on any atom is -0.388 e. The predicted octanol–water partition coefficient (Wildman–Crippen LogP) is 0.207. The molecule has 9 nitrogen and oxygen atoms in total. The Bertz CT molecular complexity index is 1040. The van der Waals surface area contributed by atoms with E-state index in [0.29, 0.717) is 0 Å². The largest absolute Gasteiger partial charge is 0.388 e. The number of ether oxygens (including phenoxy) is 1. The number of hydrogen-bond donors (Lipinski definition) is 2. The smallest absolute Gasteiger partial charge is 0.330 e. The maximum absolute atomic E-state index is 12.2. The molecule has 3 atom stereocenters. The zero-order valence-electron chi connectivity index (χ0n) is 14.8. The SMILES string of the molecule is Cc1ccc(S(=O)(=O)OC[C@@H]2C[C@@H](O)[C@H](n3cc(C)c(=O)[nH]c3=O)O2)cc1. The molecular formula is C17H20N2O7S. The summed E-state index contributed by atoms with van der Waals surface area (Å²) in [5.41, 5.74) is -0.0379. The molecule has 0 radical (unpaired) electrons. The molecule has 2 heterocycles. The van der Waals surface area contributed by atoms with E-state index in [0.717, 1.165) is 10.1 Å². The Morgan fingerprint density at radius 2 is 1.93 bits per heavy atom. The lowest BCUT2D eigenvalue weighted by Crippen LogP contribution is -2.36. The molecule has 1 aromatic heterocycles. The van der Waals surface area contributed by atoms with E-state index in [9.17, 15) is 23.1 Å². The van der Waals surface area contributed by atoms with Gasteiger partial charge in [-0.1, -0.05) is 17.7 Å². The van der Waals surface area contributed by atoms with Crippen LogP contribution in [-0.2, 0) is 19.0 Å². The van der Waals surface area contributed by atoms with Gasteiger partial charge in [0.15, 0.2) is 6.23 Å². The Kier molecular flexibility index (Phi) is 5.33. The molecule has 0 amide bonds. The Labute approximate surface area is 155 Å². The summed E-state index contributed by atoms with van der Waals surface area (Å²) in [6.07, 6.45) is -1.45. The van der Waals surface area contributed by atoms with Crippen LogP contribution in [0, 0.1) is 13.8 Å². The number of nitrogens with one attached hydrogen (secondary N) is 1. The third-order valence-electron chi connectivity index (χ3n) is 4.30. The van der Waals surface area contributed by atoms with Crippen LogP contribution in [0.2, 0.25) is 0 Å². The third kappa shape index (κ3) is 4.19. The second kappa shape index (κ2) is 7.39. The van der Waals surface area contributed by atoms with Crippen molar-refractivity contribution in [3.8, 4) is 0 Å². The average molecular weight is 396 g/mol. The van der Waals surface area contributed by atoms with Crippen LogP contribution in [0.3, 0.4) is 0 Å². The van der Waals surface area contributed by atoms with Gasteiger partial charge in [0, 0.05) is 18.2 Å². The van der Waals surface area contributed by atoms with E-state index < -0.39 is 39.8 Å². The van der Waals surface area contributed by atoms with Crippen molar-refractivity contribution >= 4 is 10.1 Å². The maximum Gasteiger partial charge on any atom is 0.330 e. The normalized spacial score (nSPS) is 22.9. The van der Waals surface area contributed by atoms with Gasteiger partial charge in [-0.3, -0.25) is 18.5 Å². The quantitative estimate of drug-likeness (QED) is 0.691. The molecule has 0 unspecified atom stereocenters. The van der Waals surface area contributed by atoms with Crippen molar-refractivity contribution in [1.29, 1.82) is 0 Å². The first kappa shape index (κ1) is 19.5. The van der Waals surface area contributed by atoms with Crippen molar-refractivity contribution in [2.24, 2.45) is 0 Å². The van der Waals surface area contributed by atoms with E-state index in [4.69, 9.17) is 8.92 Å². The van der Waals surface area contributed by atoms with Crippen LogP contribution in [-0.4, -0.2) is 41.9 Å². The molecule has 2 aromatic rings. The highest BCUT2D eigenvalue weighted by Crippen LogP contribution is 2.28. The summed E-state index contributed by atoms with van der Waals surface area (Å²) in [4.78, 5) is 25.6. The van der Waals surface area contributed by atoms with Gasteiger partial charge < -0.3 is 9.84 Å². The molecule has 10 heteroatoms. The number of rotatable bonds is 5. The molecule has 0 spiro atoms. The van der Waals surface area contributed by atoms with Crippen LogP contribution in [0.1, 0.15) is 23.8 Å². The molecular weight excluding hydrogens is 376 g/mol. The van der Waals surface area contributed by atoms with Gasteiger partial charge in [-0.25, -0.2) is 4.79 Å². The number of aryl methyl sites for hydroxylation is 2. The van der Waals surface area contributed by atoms with Gasteiger partial charge in [0.2, 0.25) is 0 Å². The first-order valence-electron chi connectivity index (χ1n) is 8.29. The van der Waals surface area contributed by atoms with Gasteiger partial charge in [-0.2, -0.15) is 8.42 Å². The average Bonchev–Trinajstić information content (AvgIpc) is 2.97. The highest BCUT2D eigenvalue weighted by Gasteiger charge is 2.37. The number of benzene rings is 1. The lowest BCUT2D eigenvalue weighted by Gasteiger charge is -2.17. The molecule has 1 aliphatic heterocycles. The molecule has 3 rings (SSSR count). The van der Waals surface area contributed by atoms with Crippen LogP contribution in [0.15, 0.2) is 44.9 Å². The summed E-state index contributed by atoms with van der Waals surface area (Å²) < 4.78 is 36.2. The number of hydrogen-bond acceptors (Lipinski definition) is 7. The summed E-state index contributed by atoms with van der Waals surface area (Å²) in [6.45, 7) is 3.05. The van der Waals surface area contributed by atoms with E-state index in [1.54, 1.807) is 12.1 Å². The number of H-pyrrole nitrogens is 1. The highest BCUT2D eigenvalue weighted by molar-refractivity contribution is 7.86. The molecule has 0 bridgehead atoms. The van der Waals surface area contributed by atoms with Crippen molar-refractivity contribution in [3.05, 3.63) is 62.4 Å². The second-order valence-electron chi connectivity index (χ2n) is 6.48. The van der Waals surface area contributed by atoms with Gasteiger partial charge >= 0.3 is 5.69 Å².